The van der Waals surface area contributed by atoms with E-state index in [9.17, 15) is 5.26 Å². The van der Waals surface area contributed by atoms with Gasteiger partial charge >= 0.3 is 0 Å². The highest BCUT2D eigenvalue weighted by Crippen LogP contribution is 2.34. The second kappa shape index (κ2) is 7.32. The van der Waals surface area contributed by atoms with Gasteiger partial charge in [0.1, 0.15) is 24.2 Å². The quantitative estimate of drug-likeness (QED) is 0.666. The van der Waals surface area contributed by atoms with Gasteiger partial charge in [0.15, 0.2) is 0 Å². The van der Waals surface area contributed by atoms with Crippen LogP contribution in [0.2, 0.25) is 0 Å². The smallest absolute Gasteiger partial charge is 0.131 e. The molecule has 0 fully saturated rings. The zero-order chi connectivity index (χ0) is 17.8. The van der Waals surface area contributed by atoms with Gasteiger partial charge in [-0.2, -0.15) is 5.26 Å². The van der Waals surface area contributed by atoms with Crippen molar-refractivity contribution in [3.63, 3.8) is 0 Å². The van der Waals surface area contributed by atoms with Gasteiger partial charge in [0.25, 0.3) is 0 Å². The standard InChI is InChI=1S/C21H19N3O2/c22-12-17-5-1-7-18-11-21(20-13-23-15-24(18)20)25-9-3-6-16-4-2-8-19(10-16)26-14-17/h1-5,7-9,14-15,19H,6,10-11,13H2/b5-1+,9-3+,17-14-,18-7+. The van der Waals surface area contributed by atoms with Crippen LogP contribution in [0.25, 0.3) is 0 Å². The van der Waals surface area contributed by atoms with Crippen LogP contribution in [0, 0.1) is 11.3 Å². The van der Waals surface area contributed by atoms with Gasteiger partial charge in [-0.3, -0.25) is 4.99 Å². The maximum atomic E-state index is 9.32. The molecular weight excluding hydrogens is 326 g/mol. The van der Waals surface area contributed by atoms with E-state index in [1.165, 1.54) is 5.57 Å². The molecular formula is C21H19N3O2. The molecule has 0 aromatic carbocycles. The van der Waals surface area contributed by atoms with E-state index in [1.807, 2.05) is 36.7 Å². The topological polar surface area (TPSA) is 57.9 Å². The molecule has 5 heteroatoms. The number of nitrogens with zero attached hydrogens (tertiary/aromatic N) is 3. The van der Waals surface area contributed by atoms with Crippen LogP contribution in [0.5, 0.6) is 0 Å². The Morgan fingerprint density at radius 2 is 2.23 bits per heavy atom. The van der Waals surface area contributed by atoms with Crippen molar-refractivity contribution in [1.82, 2.24) is 4.90 Å². The molecule has 4 aliphatic rings. The van der Waals surface area contributed by atoms with Crippen LogP contribution >= 0.6 is 0 Å². The third-order valence-electron chi connectivity index (χ3n) is 4.57. The van der Waals surface area contributed by atoms with Crippen molar-refractivity contribution in [2.75, 3.05) is 6.54 Å². The van der Waals surface area contributed by atoms with Gasteiger partial charge < -0.3 is 14.4 Å². The molecule has 0 radical (unpaired) electrons. The van der Waals surface area contributed by atoms with Crippen molar-refractivity contribution >= 4 is 6.34 Å². The number of allylic oxidation sites excluding steroid dienone is 7. The molecule has 0 aromatic heterocycles. The van der Waals surface area contributed by atoms with Gasteiger partial charge in [0, 0.05) is 18.5 Å². The fourth-order valence-corrected chi connectivity index (χ4v) is 3.24. The molecule has 4 bridgehead atoms. The number of hydrogen-bond donors (Lipinski definition) is 0. The Morgan fingerprint density at radius 1 is 1.27 bits per heavy atom. The van der Waals surface area contributed by atoms with E-state index in [-0.39, 0.29) is 6.10 Å². The largest absolute Gasteiger partial charge is 0.492 e. The van der Waals surface area contributed by atoms with Crippen LogP contribution in [0.4, 0.5) is 0 Å². The molecule has 0 saturated carbocycles. The zero-order valence-electron chi connectivity index (χ0n) is 14.3. The second-order valence-corrected chi connectivity index (χ2v) is 6.36. The lowest BCUT2D eigenvalue weighted by Gasteiger charge is -2.17. The van der Waals surface area contributed by atoms with Gasteiger partial charge in [-0.25, -0.2) is 0 Å². The van der Waals surface area contributed by atoms with Crippen LogP contribution < -0.4 is 0 Å². The van der Waals surface area contributed by atoms with Crippen LogP contribution in [0.1, 0.15) is 19.3 Å². The summed E-state index contributed by atoms with van der Waals surface area (Å²) in [5.74, 6) is 0.931. The average Bonchev–Trinajstić information content (AvgIpc) is 3.25. The van der Waals surface area contributed by atoms with Crippen molar-refractivity contribution in [2.45, 2.75) is 25.4 Å². The maximum Gasteiger partial charge on any atom is 0.131 e. The van der Waals surface area contributed by atoms with E-state index in [1.54, 1.807) is 18.6 Å². The maximum absolute atomic E-state index is 9.32. The zero-order valence-corrected chi connectivity index (χ0v) is 14.3. The molecule has 4 rings (SSSR count). The van der Waals surface area contributed by atoms with Crippen molar-refractivity contribution in [3.05, 3.63) is 83.4 Å². The van der Waals surface area contributed by atoms with Crippen LogP contribution in [0.3, 0.4) is 0 Å². The first-order chi connectivity index (χ1) is 12.8. The molecule has 0 N–H and O–H groups in total. The number of hydrogen-bond acceptors (Lipinski definition) is 5. The number of aliphatic imine (C=N–C) groups is 1. The Kier molecular flexibility index (Phi) is 4.57. The van der Waals surface area contributed by atoms with Gasteiger partial charge in [-0.15, -0.1) is 0 Å². The first kappa shape index (κ1) is 16.2. The molecule has 1 unspecified atom stereocenters. The number of nitriles is 1. The Labute approximate surface area is 152 Å². The predicted octanol–water partition coefficient (Wildman–Crippen LogP) is 4.00. The number of rotatable bonds is 0. The monoisotopic (exact) mass is 345 g/mol. The molecule has 0 amide bonds. The fourth-order valence-electron chi connectivity index (χ4n) is 3.24. The summed E-state index contributed by atoms with van der Waals surface area (Å²) in [5.41, 5.74) is 3.91. The first-order valence-corrected chi connectivity index (χ1v) is 8.65. The van der Waals surface area contributed by atoms with Gasteiger partial charge in [-0.05, 0) is 30.7 Å². The second-order valence-electron chi connectivity index (χ2n) is 6.36. The Morgan fingerprint density at radius 3 is 3.15 bits per heavy atom. The molecule has 0 aromatic rings. The first-order valence-electron chi connectivity index (χ1n) is 8.65. The van der Waals surface area contributed by atoms with Gasteiger partial charge in [0.05, 0.1) is 30.4 Å². The minimum atomic E-state index is -0.0462. The molecule has 0 saturated heterocycles. The molecule has 3 heterocycles. The highest BCUT2D eigenvalue weighted by atomic mass is 16.5. The third kappa shape index (κ3) is 3.40. The van der Waals surface area contributed by atoms with Crippen LogP contribution in [-0.2, 0) is 9.47 Å². The SMILES string of the molecule is N#CC1=C/OC2C=CC=C(C/C=C/OC3=C4CN=CN4/C(=C/C=C/1)C3)C2. The van der Waals surface area contributed by atoms with E-state index < -0.39 is 0 Å². The minimum absolute atomic E-state index is 0.0462. The summed E-state index contributed by atoms with van der Waals surface area (Å²) in [6.07, 6.45) is 21.2. The number of fused-ring (bicyclic) bond motifs is 6. The highest BCUT2D eigenvalue weighted by molar-refractivity contribution is 5.68. The van der Waals surface area contributed by atoms with E-state index in [0.29, 0.717) is 18.5 Å². The summed E-state index contributed by atoms with van der Waals surface area (Å²) >= 11 is 0. The fraction of sp³-hybridized carbons (Fsp3) is 0.238. The van der Waals surface area contributed by atoms with Crippen molar-refractivity contribution in [2.24, 2.45) is 4.99 Å². The van der Waals surface area contributed by atoms with Crippen molar-refractivity contribution < 1.29 is 9.47 Å². The van der Waals surface area contributed by atoms with Gasteiger partial charge in [-0.1, -0.05) is 23.8 Å². The average molecular weight is 345 g/mol. The lowest BCUT2D eigenvalue weighted by molar-refractivity contribution is 0.184. The Hall–Kier alpha value is -3.26. The normalized spacial score (nSPS) is 30.8. The summed E-state index contributed by atoms with van der Waals surface area (Å²) in [4.78, 5) is 6.38. The highest BCUT2D eigenvalue weighted by Gasteiger charge is 2.29. The summed E-state index contributed by atoms with van der Waals surface area (Å²) < 4.78 is 11.7. The van der Waals surface area contributed by atoms with E-state index >= 15 is 0 Å². The summed E-state index contributed by atoms with van der Waals surface area (Å²) in [5, 5.41) is 9.32. The molecule has 0 spiro atoms. The van der Waals surface area contributed by atoms with Crippen molar-refractivity contribution in [3.8, 4) is 6.07 Å². The predicted molar refractivity (Wildman–Crippen MR) is 99.3 cm³/mol. The molecule has 1 aliphatic carbocycles. The summed E-state index contributed by atoms with van der Waals surface area (Å²) in [6, 6.07) is 2.16. The lowest BCUT2D eigenvalue weighted by atomic mass is 10.00. The molecule has 5 nitrogen and oxygen atoms in total. The van der Waals surface area contributed by atoms with E-state index in [2.05, 4.69) is 22.0 Å². The summed E-state index contributed by atoms with van der Waals surface area (Å²) in [7, 11) is 0. The molecule has 26 heavy (non-hydrogen) atoms. The lowest BCUT2D eigenvalue weighted by Crippen LogP contribution is -2.11. The molecule has 1 atom stereocenters. The van der Waals surface area contributed by atoms with Gasteiger partial charge in [0.2, 0.25) is 0 Å². The van der Waals surface area contributed by atoms with E-state index in [0.717, 1.165) is 30.0 Å². The third-order valence-corrected chi connectivity index (χ3v) is 4.57. The summed E-state index contributed by atoms with van der Waals surface area (Å²) in [6.45, 7) is 0.638. The molecule has 130 valence electrons. The number of ether oxygens (including phenoxy) is 2. The van der Waals surface area contributed by atoms with Crippen LogP contribution in [0.15, 0.2) is 88.3 Å². The Balaban J connectivity index is 1.63. The van der Waals surface area contributed by atoms with E-state index in [4.69, 9.17) is 9.47 Å². The van der Waals surface area contributed by atoms with Crippen LogP contribution in [-0.4, -0.2) is 23.9 Å². The van der Waals surface area contributed by atoms with Crippen molar-refractivity contribution in [1.29, 1.82) is 5.26 Å². The molecule has 3 aliphatic heterocycles. The minimum Gasteiger partial charge on any atom is -0.492 e. The Bertz CT molecular complexity index is 875.